The van der Waals surface area contributed by atoms with Gasteiger partial charge in [0.15, 0.2) is 17.3 Å². The molecule has 5 rings (SSSR count). The zero-order valence-corrected chi connectivity index (χ0v) is 26.5. The fourth-order valence-corrected chi connectivity index (χ4v) is 6.43. The fourth-order valence-electron chi connectivity index (χ4n) is 6.10. The SMILES string of the molecule is C=C(C1=CCN(CCC)CC1)/C(P)=C\c1oc(C2(N3Cc4ccc(OC)c(F)c4C3=C)NC(=O)NC2=O)cc1C(C)CC. The van der Waals surface area contributed by atoms with E-state index in [0.29, 0.717) is 11.3 Å². The van der Waals surface area contributed by atoms with Crippen LogP contribution in [0.3, 0.4) is 0 Å². The number of allylic oxidation sites excluding steroid dienone is 2. The summed E-state index contributed by atoms with van der Waals surface area (Å²) >= 11 is 0. The Morgan fingerprint density at radius 1 is 1.33 bits per heavy atom. The molecule has 8 nitrogen and oxygen atoms in total. The Morgan fingerprint density at radius 2 is 2.09 bits per heavy atom. The maximum absolute atomic E-state index is 15.4. The van der Waals surface area contributed by atoms with Gasteiger partial charge in [0.1, 0.15) is 5.76 Å². The normalized spacial score (nSPS) is 21.4. The van der Waals surface area contributed by atoms with Crippen molar-refractivity contribution in [2.24, 2.45) is 0 Å². The van der Waals surface area contributed by atoms with Crippen LogP contribution >= 0.6 is 9.24 Å². The van der Waals surface area contributed by atoms with Gasteiger partial charge in [-0.1, -0.05) is 46.1 Å². The van der Waals surface area contributed by atoms with Crippen molar-refractivity contribution in [2.45, 2.75) is 58.2 Å². The number of furan rings is 1. The Labute approximate surface area is 254 Å². The molecule has 0 spiro atoms. The topological polar surface area (TPSA) is 87.1 Å². The lowest BCUT2D eigenvalue weighted by Crippen LogP contribution is -2.55. The Balaban J connectivity index is 1.56. The largest absolute Gasteiger partial charge is 0.494 e. The average Bonchev–Trinajstić information content (AvgIpc) is 3.66. The number of urea groups is 1. The summed E-state index contributed by atoms with van der Waals surface area (Å²) in [6.07, 6.45) is 7.03. The van der Waals surface area contributed by atoms with Crippen LogP contribution in [0, 0.1) is 5.82 Å². The highest BCUT2D eigenvalue weighted by atomic mass is 31.0. The Morgan fingerprint density at radius 3 is 2.70 bits per heavy atom. The van der Waals surface area contributed by atoms with Crippen molar-refractivity contribution in [1.82, 2.24) is 20.4 Å². The maximum atomic E-state index is 15.4. The zero-order chi connectivity index (χ0) is 31.1. The van der Waals surface area contributed by atoms with Gasteiger partial charge in [-0.3, -0.25) is 15.0 Å². The van der Waals surface area contributed by atoms with E-state index < -0.39 is 23.4 Å². The van der Waals surface area contributed by atoms with Crippen LogP contribution in [0.25, 0.3) is 11.8 Å². The number of amides is 3. The zero-order valence-electron chi connectivity index (χ0n) is 25.3. The van der Waals surface area contributed by atoms with Gasteiger partial charge in [-0.2, -0.15) is 0 Å². The minimum absolute atomic E-state index is 0.0690. The quantitative estimate of drug-likeness (QED) is 0.189. The van der Waals surface area contributed by atoms with E-state index in [1.165, 1.54) is 18.7 Å². The molecule has 228 valence electrons. The van der Waals surface area contributed by atoms with Gasteiger partial charge >= 0.3 is 6.03 Å². The number of nitrogens with one attached hydrogen (secondary N) is 2. The van der Waals surface area contributed by atoms with Crippen molar-refractivity contribution in [3.05, 3.63) is 87.9 Å². The number of carbonyl (C=O) groups excluding carboxylic acids is 2. The molecular formula is C33H40FN4O4P. The average molecular weight is 607 g/mol. The third-order valence-electron chi connectivity index (χ3n) is 8.76. The molecule has 3 amide bonds. The van der Waals surface area contributed by atoms with Crippen molar-refractivity contribution in [3.63, 3.8) is 0 Å². The van der Waals surface area contributed by atoms with Crippen LogP contribution in [0.1, 0.15) is 74.2 Å². The molecule has 43 heavy (non-hydrogen) atoms. The minimum atomic E-state index is -1.77. The molecule has 0 saturated carbocycles. The highest BCUT2D eigenvalue weighted by Crippen LogP contribution is 2.46. The lowest BCUT2D eigenvalue weighted by molar-refractivity contribution is -0.130. The lowest BCUT2D eigenvalue weighted by Gasteiger charge is -2.36. The molecule has 3 unspecified atom stereocenters. The first-order valence-electron chi connectivity index (χ1n) is 14.7. The second-order valence-corrected chi connectivity index (χ2v) is 12.0. The van der Waals surface area contributed by atoms with E-state index in [4.69, 9.17) is 9.15 Å². The number of benzene rings is 1. The molecule has 3 atom stereocenters. The molecule has 10 heteroatoms. The van der Waals surface area contributed by atoms with Crippen molar-refractivity contribution < 1.29 is 23.1 Å². The van der Waals surface area contributed by atoms with Gasteiger partial charge in [0.2, 0.25) is 0 Å². The van der Waals surface area contributed by atoms with Crippen LogP contribution in [0.5, 0.6) is 5.75 Å². The first-order chi connectivity index (χ1) is 20.5. The maximum Gasteiger partial charge on any atom is 0.324 e. The van der Waals surface area contributed by atoms with Gasteiger partial charge in [-0.25, -0.2) is 9.18 Å². The van der Waals surface area contributed by atoms with Crippen LogP contribution in [-0.2, 0) is 17.0 Å². The van der Waals surface area contributed by atoms with Crippen molar-refractivity contribution >= 4 is 33.0 Å². The fraction of sp³-hybridized carbons (Fsp3) is 0.394. The minimum Gasteiger partial charge on any atom is -0.494 e. The standard InChI is InChI=1S/C33H40FN4O4P/c1-7-13-37-14-11-22(12-15-37)20(4)27(43)17-26-24(19(3)8-2)16-28(42-26)33(31(39)35-32(40)36-33)38-18-23-9-10-25(41-6)30(34)29(23)21(38)5/h9-11,16-17,19H,4-5,7-8,12-15,18,43H2,1-3,6H3,(H2,35,36,39,40)/b27-17+. The molecule has 0 aliphatic carbocycles. The smallest absolute Gasteiger partial charge is 0.324 e. The number of rotatable bonds is 10. The summed E-state index contributed by atoms with van der Waals surface area (Å²) < 4.78 is 27.1. The number of hydrogen-bond acceptors (Lipinski definition) is 6. The number of nitrogens with zero attached hydrogens (tertiary/aromatic N) is 2. The number of imide groups is 1. The Kier molecular flexibility index (Phi) is 8.68. The summed E-state index contributed by atoms with van der Waals surface area (Å²) in [5, 5.41) is 6.02. The first kappa shape index (κ1) is 30.8. The van der Waals surface area contributed by atoms with E-state index in [0.717, 1.165) is 55.3 Å². The lowest BCUT2D eigenvalue weighted by atomic mass is 9.95. The summed E-state index contributed by atoms with van der Waals surface area (Å²) in [5.74, 6) is -0.254. The Bertz CT molecular complexity index is 1560. The molecule has 1 fully saturated rings. The molecule has 0 bridgehead atoms. The number of fused-ring (bicyclic) bond motifs is 1. The van der Waals surface area contributed by atoms with Crippen molar-refractivity contribution in [1.29, 1.82) is 0 Å². The van der Waals surface area contributed by atoms with Crippen LogP contribution in [0.4, 0.5) is 9.18 Å². The van der Waals surface area contributed by atoms with Crippen LogP contribution < -0.4 is 15.4 Å². The molecule has 1 aromatic carbocycles. The summed E-state index contributed by atoms with van der Waals surface area (Å²) in [7, 11) is 4.17. The summed E-state index contributed by atoms with van der Waals surface area (Å²) in [6.45, 7) is 17.9. The monoisotopic (exact) mass is 606 g/mol. The third kappa shape index (κ3) is 5.34. The Hall–Kier alpha value is -3.68. The van der Waals surface area contributed by atoms with Crippen molar-refractivity contribution in [3.8, 4) is 5.75 Å². The van der Waals surface area contributed by atoms with E-state index >= 15 is 4.39 Å². The summed E-state index contributed by atoms with van der Waals surface area (Å²) in [5.41, 5.74) is 2.34. The second-order valence-electron chi connectivity index (χ2n) is 11.4. The van der Waals surface area contributed by atoms with Gasteiger partial charge in [0.25, 0.3) is 11.6 Å². The van der Waals surface area contributed by atoms with E-state index in [1.807, 2.05) is 12.1 Å². The molecule has 3 aliphatic rings. The molecule has 2 aromatic rings. The molecule has 3 aliphatic heterocycles. The molecule has 2 N–H and O–H groups in total. The van der Waals surface area contributed by atoms with Gasteiger partial charge in [0.05, 0.1) is 7.11 Å². The number of methoxy groups -OCH3 is 1. The number of ether oxygens (including phenoxy) is 1. The molecule has 1 saturated heterocycles. The molecule has 4 heterocycles. The predicted octanol–water partition coefficient (Wildman–Crippen LogP) is 6.23. The van der Waals surface area contributed by atoms with E-state index in [2.05, 4.69) is 64.8 Å². The van der Waals surface area contributed by atoms with Crippen LogP contribution in [-0.4, -0.2) is 48.5 Å². The van der Waals surface area contributed by atoms with E-state index in [1.54, 1.807) is 11.0 Å². The summed E-state index contributed by atoms with van der Waals surface area (Å²) in [4.78, 5) is 30.3. The van der Waals surface area contributed by atoms with E-state index in [-0.39, 0.29) is 35.2 Å². The van der Waals surface area contributed by atoms with Gasteiger partial charge in [-0.15, -0.1) is 9.24 Å². The second kappa shape index (κ2) is 12.1. The molecule has 0 radical (unpaired) electrons. The predicted molar refractivity (Wildman–Crippen MR) is 170 cm³/mol. The van der Waals surface area contributed by atoms with Gasteiger partial charge in [-0.05, 0) is 72.0 Å². The van der Waals surface area contributed by atoms with Crippen molar-refractivity contribution in [2.75, 3.05) is 26.7 Å². The van der Waals surface area contributed by atoms with Gasteiger partial charge < -0.3 is 19.4 Å². The van der Waals surface area contributed by atoms with Crippen LogP contribution in [0.2, 0.25) is 0 Å². The van der Waals surface area contributed by atoms with Gasteiger partial charge in [0, 0.05) is 36.5 Å². The third-order valence-corrected chi connectivity index (χ3v) is 9.27. The highest BCUT2D eigenvalue weighted by Gasteiger charge is 2.57. The molecular weight excluding hydrogens is 566 g/mol. The number of halogens is 1. The highest BCUT2D eigenvalue weighted by molar-refractivity contribution is 7.23. The van der Waals surface area contributed by atoms with E-state index in [9.17, 15) is 9.59 Å². The van der Waals surface area contributed by atoms with Crippen LogP contribution in [0.15, 0.2) is 58.3 Å². The number of carbonyl (C=O) groups is 2. The first-order valence-corrected chi connectivity index (χ1v) is 15.3. The summed E-state index contributed by atoms with van der Waals surface area (Å²) in [6, 6.07) is 4.42. The number of hydrogen-bond donors (Lipinski definition) is 2. The molecule has 1 aromatic heterocycles.